The molecular weight excluding hydrogens is 276 g/mol. The number of benzene rings is 1. The number of rotatable bonds is 4. The minimum atomic E-state index is -0.195. The Balaban J connectivity index is 1.91. The highest BCUT2D eigenvalue weighted by Crippen LogP contribution is 2.33. The van der Waals surface area contributed by atoms with Crippen LogP contribution >= 0.6 is 0 Å². The van der Waals surface area contributed by atoms with Gasteiger partial charge in [-0.2, -0.15) is 0 Å². The lowest BCUT2D eigenvalue weighted by Gasteiger charge is -2.30. The maximum atomic E-state index is 12.4. The van der Waals surface area contributed by atoms with Crippen LogP contribution in [-0.4, -0.2) is 35.5 Å². The molecule has 2 aliphatic heterocycles. The molecule has 0 radical (unpaired) electrons. The summed E-state index contributed by atoms with van der Waals surface area (Å²) in [7, 11) is 0. The van der Waals surface area contributed by atoms with Crippen LogP contribution in [0.25, 0.3) is 0 Å². The third-order valence-corrected chi connectivity index (χ3v) is 4.14. The number of allylic oxidation sites excluding steroid dienone is 1. The zero-order valence-electron chi connectivity index (χ0n) is 13.2. The van der Waals surface area contributed by atoms with Gasteiger partial charge in [-0.15, -0.1) is 0 Å². The van der Waals surface area contributed by atoms with Gasteiger partial charge in [-0.25, -0.2) is 4.79 Å². The highest BCUT2D eigenvalue weighted by atomic mass is 16.5. The molecule has 1 unspecified atom stereocenters. The predicted octanol–water partition coefficient (Wildman–Crippen LogP) is 2.74. The smallest absolute Gasteiger partial charge is 0.338 e. The molecule has 3 rings (SSSR count). The zero-order valence-corrected chi connectivity index (χ0v) is 13.2. The van der Waals surface area contributed by atoms with E-state index in [2.05, 4.69) is 34.2 Å². The molecule has 0 amide bonds. The minimum absolute atomic E-state index is 0.0849. The molecule has 2 aliphatic rings. The lowest BCUT2D eigenvalue weighted by atomic mass is 9.98. The normalized spacial score (nSPS) is 20.4. The molecule has 1 aromatic rings. The first-order valence-corrected chi connectivity index (χ1v) is 7.86. The zero-order chi connectivity index (χ0) is 15.5. The summed E-state index contributed by atoms with van der Waals surface area (Å²) in [6, 6.07) is 10.4. The summed E-state index contributed by atoms with van der Waals surface area (Å²) < 4.78 is 5.27. The molecule has 1 saturated heterocycles. The molecule has 116 valence electrons. The van der Waals surface area contributed by atoms with Crippen molar-refractivity contribution in [3.05, 3.63) is 59.6 Å². The van der Waals surface area contributed by atoms with Crippen molar-refractivity contribution in [2.24, 2.45) is 5.92 Å². The number of nitrogens with zero attached hydrogens (tertiary/aromatic N) is 2. The highest BCUT2D eigenvalue weighted by Gasteiger charge is 2.34. The second-order valence-electron chi connectivity index (χ2n) is 5.69. The molecule has 0 bridgehead atoms. The molecule has 22 heavy (non-hydrogen) atoms. The SMILES string of the molecule is CCOC(=O)C1=C2N(C=CC1C)CCN2Cc1ccccc1. The molecular formula is C18H22N2O2. The second-order valence-corrected chi connectivity index (χ2v) is 5.69. The van der Waals surface area contributed by atoms with Crippen molar-refractivity contribution >= 4 is 5.97 Å². The number of fused-ring (bicyclic) bond motifs is 1. The monoisotopic (exact) mass is 298 g/mol. The van der Waals surface area contributed by atoms with Gasteiger partial charge in [-0.1, -0.05) is 43.3 Å². The molecule has 0 N–H and O–H groups in total. The summed E-state index contributed by atoms with van der Waals surface area (Å²) >= 11 is 0. The average Bonchev–Trinajstić information content (AvgIpc) is 2.91. The van der Waals surface area contributed by atoms with Crippen LogP contribution in [0.15, 0.2) is 54.0 Å². The predicted molar refractivity (Wildman–Crippen MR) is 85.5 cm³/mol. The van der Waals surface area contributed by atoms with Gasteiger partial charge in [0.2, 0.25) is 0 Å². The fourth-order valence-electron chi connectivity index (χ4n) is 3.07. The van der Waals surface area contributed by atoms with Gasteiger partial charge in [0.25, 0.3) is 0 Å². The molecule has 1 aromatic carbocycles. The Morgan fingerprint density at radius 3 is 2.77 bits per heavy atom. The van der Waals surface area contributed by atoms with Crippen molar-refractivity contribution in [3.8, 4) is 0 Å². The van der Waals surface area contributed by atoms with Crippen LogP contribution in [-0.2, 0) is 16.1 Å². The summed E-state index contributed by atoms with van der Waals surface area (Å²) in [5.74, 6) is 0.901. The second kappa shape index (κ2) is 6.26. The maximum absolute atomic E-state index is 12.4. The molecule has 0 saturated carbocycles. The molecule has 1 fully saturated rings. The number of hydrogen-bond acceptors (Lipinski definition) is 4. The number of ether oxygens (including phenoxy) is 1. The Kier molecular flexibility index (Phi) is 4.18. The number of carbonyl (C=O) groups is 1. The van der Waals surface area contributed by atoms with Crippen molar-refractivity contribution in [2.75, 3.05) is 19.7 Å². The molecule has 0 aliphatic carbocycles. The fourth-order valence-corrected chi connectivity index (χ4v) is 3.07. The summed E-state index contributed by atoms with van der Waals surface area (Å²) in [5.41, 5.74) is 2.03. The van der Waals surface area contributed by atoms with Crippen LogP contribution in [0.4, 0.5) is 0 Å². The van der Waals surface area contributed by atoms with Crippen LogP contribution < -0.4 is 0 Å². The lowest BCUT2D eigenvalue weighted by molar-refractivity contribution is -0.139. The van der Waals surface area contributed by atoms with Gasteiger partial charge < -0.3 is 14.5 Å². The highest BCUT2D eigenvalue weighted by molar-refractivity contribution is 5.90. The van der Waals surface area contributed by atoms with E-state index in [0.717, 1.165) is 31.0 Å². The van der Waals surface area contributed by atoms with Gasteiger partial charge in [-0.3, -0.25) is 0 Å². The molecule has 4 heteroatoms. The average molecular weight is 298 g/mol. The van der Waals surface area contributed by atoms with Crippen LogP contribution in [0, 0.1) is 5.92 Å². The quantitative estimate of drug-likeness (QED) is 0.800. The van der Waals surface area contributed by atoms with E-state index in [0.29, 0.717) is 6.61 Å². The van der Waals surface area contributed by atoms with Gasteiger partial charge in [0.15, 0.2) is 0 Å². The van der Waals surface area contributed by atoms with Crippen molar-refractivity contribution in [3.63, 3.8) is 0 Å². The van der Waals surface area contributed by atoms with Gasteiger partial charge >= 0.3 is 5.97 Å². The van der Waals surface area contributed by atoms with Gasteiger partial charge in [-0.05, 0) is 12.5 Å². The standard InChI is InChI=1S/C18H22N2O2/c1-3-22-18(21)16-14(2)9-10-19-11-12-20(17(16)19)13-15-7-5-4-6-8-15/h4-10,14H,3,11-13H2,1-2H3. The largest absolute Gasteiger partial charge is 0.463 e. The maximum Gasteiger partial charge on any atom is 0.338 e. The van der Waals surface area contributed by atoms with Crippen LogP contribution in [0.2, 0.25) is 0 Å². The van der Waals surface area contributed by atoms with Gasteiger partial charge in [0, 0.05) is 31.8 Å². The summed E-state index contributed by atoms with van der Waals surface area (Å²) in [6.07, 6.45) is 4.16. The van der Waals surface area contributed by atoms with E-state index in [4.69, 9.17) is 4.74 Å². The summed E-state index contributed by atoms with van der Waals surface area (Å²) in [4.78, 5) is 16.8. The van der Waals surface area contributed by atoms with Gasteiger partial charge in [0.05, 0.1) is 12.2 Å². The molecule has 1 atom stereocenters. The van der Waals surface area contributed by atoms with Gasteiger partial charge in [0.1, 0.15) is 5.82 Å². The Labute approximate surface area is 131 Å². The van der Waals surface area contributed by atoms with E-state index >= 15 is 0 Å². The molecule has 0 spiro atoms. The molecule has 2 heterocycles. The first kappa shape index (κ1) is 14.7. The number of carbonyl (C=O) groups excluding carboxylic acids is 1. The van der Waals surface area contributed by atoms with Crippen molar-refractivity contribution in [2.45, 2.75) is 20.4 Å². The molecule has 0 aromatic heterocycles. The van der Waals surface area contributed by atoms with Crippen LogP contribution in [0.3, 0.4) is 0 Å². The van der Waals surface area contributed by atoms with E-state index in [1.807, 2.05) is 32.0 Å². The van der Waals surface area contributed by atoms with Crippen molar-refractivity contribution < 1.29 is 9.53 Å². The molecule has 4 nitrogen and oxygen atoms in total. The first-order chi connectivity index (χ1) is 10.7. The fraction of sp³-hybridized carbons (Fsp3) is 0.389. The van der Waals surface area contributed by atoms with E-state index in [-0.39, 0.29) is 11.9 Å². The third kappa shape index (κ3) is 2.73. The van der Waals surface area contributed by atoms with Crippen LogP contribution in [0.5, 0.6) is 0 Å². The van der Waals surface area contributed by atoms with E-state index in [9.17, 15) is 4.79 Å². The Bertz CT molecular complexity index is 607. The first-order valence-electron chi connectivity index (χ1n) is 7.86. The van der Waals surface area contributed by atoms with E-state index < -0.39 is 0 Å². The van der Waals surface area contributed by atoms with E-state index in [1.165, 1.54) is 5.56 Å². The number of esters is 1. The third-order valence-electron chi connectivity index (χ3n) is 4.14. The summed E-state index contributed by atoms with van der Waals surface area (Å²) in [6.45, 7) is 6.95. The Morgan fingerprint density at radius 2 is 2.05 bits per heavy atom. The number of hydrogen-bond donors (Lipinski definition) is 0. The topological polar surface area (TPSA) is 32.8 Å². The van der Waals surface area contributed by atoms with Crippen molar-refractivity contribution in [1.29, 1.82) is 0 Å². The van der Waals surface area contributed by atoms with Crippen LogP contribution in [0.1, 0.15) is 19.4 Å². The Morgan fingerprint density at radius 1 is 1.27 bits per heavy atom. The minimum Gasteiger partial charge on any atom is -0.463 e. The Hall–Kier alpha value is -2.23. The van der Waals surface area contributed by atoms with Crippen molar-refractivity contribution in [1.82, 2.24) is 9.80 Å². The van der Waals surface area contributed by atoms with E-state index in [1.54, 1.807) is 0 Å². The summed E-state index contributed by atoms with van der Waals surface area (Å²) in [5, 5.41) is 0. The lowest BCUT2D eigenvalue weighted by Crippen LogP contribution is -2.30.